The summed E-state index contributed by atoms with van der Waals surface area (Å²) in [6, 6.07) is 12.6. The summed E-state index contributed by atoms with van der Waals surface area (Å²) in [7, 11) is 1.50. The molecule has 2 aromatic carbocycles. The van der Waals surface area contributed by atoms with Crippen molar-refractivity contribution in [2.45, 2.75) is 27.4 Å². The van der Waals surface area contributed by atoms with Crippen LogP contribution >= 0.6 is 11.6 Å². The van der Waals surface area contributed by atoms with Gasteiger partial charge in [-0.05, 0) is 56.2 Å². The highest BCUT2D eigenvalue weighted by Crippen LogP contribution is 2.31. The van der Waals surface area contributed by atoms with Crippen LogP contribution in [0.15, 0.2) is 58.1 Å². The summed E-state index contributed by atoms with van der Waals surface area (Å²) < 4.78 is 11.5. The zero-order valence-corrected chi connectivity index (χ0v) is 20.0. The Labute approximate surface area is 201 Å². The topological polar surface area (TPSA) is 97.0 Å². The monoisotopic (exact) mass is 477 g/mol. The Morgan fingerprint density at radius 3 is 2.71 bits per heavy atom. The molecule has 0 bridgehead atoms. The van der Waals surface area contributed by atoms with Crippen LogP contribution in [-0.4, -0.2) is 23.1 Å². The van der Waals surface area contributed by atoms with Gasteiger partial charge in [0.25, 0.3) is 5.91 Å². The molecular weight excluding hydrogens is 454 g/mol. The van der Waals surface area contributed by atoms with Gasteiger partial charge in [-0.1, -0.05) is 23.7 Å². The second-order valence-electron chi connectivity index (χ2n) is 7.94. The van der Waals surface area contributed by atoms with Crippen molar-refractivity contribution in [1.82, 2.24) is 4.98 Å². The largest absolute Gasteiger partial charge is 0.495 e. The van der Waals surface area contributed by atoms with E-state index in [2.05, 4.69) is 15.3 Å². The van der Waals surface area contributed by atoms with E-state index in [1.54, 1.807) is 31.3 Å². The molecule has 0 aliphatic carbocycles. The van der Waals surface area contributed by atoms with Crippen molar-refractivity contribution >= 4 is 39.9 Å². The van der Waals surface area contributed by atoms with Crippen molar-refractivity contribution in [2.75, 3.05) is 12.4 Å². The van der Waals surface area contributed by atoms with Crippen LogP contribution in [0.3, 0.4) is 0 Å². The predicted molar refractivity (Wildman–Crippen MR) is 132 cm³/mol. The van der Waals surface area contributed by atoms with Crippen LogP contribution in [0.5, 0.6) is 5.75 Å². The minimum absolute atomic E-state index is 0.125. The molecule has 0 saturated carbocycles. The zero-order chi connectivity index (χ0) is 24.4. The summed E-state index contributed by atoms with van der Waals surface area (Å²) in [6.07, 6.45) is 1.57. The van der Waals surface area contributed by atoms with E-state index >= 15 is 0 Å². The summed E-state index contributed by atoms with van der Waals surface area (Å²) in [5, 5.41) is 13.8. The Hall–Kier alpha value is -3.68. The summed E-state index contributed by atoms with van der Waals surface area (Å²) in [6.45, 7) is 5.34. The molecule has 1 amide bonds. The highest BCUT2D eigenvalue weighted by Gasteiger charge is 2.18. The number of nitrogens with one attached hydrogen (secondary N) is 1. The number of hydrogen-bond donors (Lipinski definition) is 2. The lowest BCUT2D eigenvalue weighted by Gasteiger charge is -2.13. The van der Waals surface area contributed by atoms with Gasteiger partial charge in [-0.3, -0.25) is 9.78 Å². The lowest BCUT2D eigenvalue weighted by Crippen LogP contribution is -2.22. The third kappa shape index (κ3) is 4.66. The van der Waals surface area contributed by atoms with Crippen molar-refractivity contribution in [3.05, 3.63) is 87.2 Å². The summed E-state index contributed by atoms with van der Waals surface area (Å²) in [5.41, 5.74) is 4.85. The van der Waals surface area contributed by atoms with Crippen molar-refractivity contribution < 1.29 is 19.1 Å². The maximum atomic E-state index is 13.5. The first-order chi connectivity index (χ1) is 16.3. The molecule has 0 aliphatic heterocycles. The number of rotatable bonds is 5. The van der Waals surface area contributed by atoms with E-state index in [9.17, 15) is 9.90 Å². The SMILES string of the molecule is COc1cc(Cl)c(C)cc1NC(=O)c1cc2c(CO)cnc(C)c2oc1=Nc1cccc(C)c1. The molecule has 34 heavy (non-hydrogen) atoms. The van der Waals surface area contributed by atoms with E-state index in [0.717, 1.165) is 11.1 Å². The van der Waals surface area contributed by atoms with Crippen molar-refractivity contribution in [2.24, 2.45) is 4.99 Å². The van der Waals surface area contributed by atoms with Gasteiger partial charge in [0.1, 0.15) is 11.3 Å². The summed E-state index contributed by atoms with van der Waals surface area (Å²) in [4.78, 5) is 22.4. The molecule has 0 aliphatic rings. The fraction of sp³-hybridized carbons (Fsp3) is 0.192. The second-order valence-corrected chi connectivity index (χ2v) is 8.35. The van der Waals surface area contributed by atoms with Crippen LogP contribution in [0.4, 0.5) is 11.4 Å². The molecule has 4 rings (SSSR count). The van der Waals surface area contributed by atoms with Crippen molar-refractivity contribution in [3.8, 4) is 5.75 Å². The number of aliphatic hydroxyl groups is 1. The molecule has 174 valence electrons. The quantitative estimate of drug-likeness (QED) is 0.401. The fourth-order valence-corrected chi connectivity index (χ4v) is 3.75. The normalized spacial score (nSPS) is 11.6. The molecule has 2 N–H and O–H groups in total. The Kier molecular flexibility index (Phi) is 6.68. The Morgan fingerprint density at radius 2 is 2.00 bits per heavy atom. The van der Waals surface area contributed by atoms with Crippen molar-refractivity contribution in [3.63, 3.8) is 0 Å². The minimum atomic E-state index is -0.449. The van der Waals surface area contributed by atoms with Crippen LogP contribution < -0.4 is 15.6 Å². The number of benzene rings is 2. The molecule has 7 nitrogen and oxygen atoms in total. The van der Waals surface area contributed by atoms with Crippen LogP contribution in [0, 0.1) is 20.8 Å². The van der Waals surface area contributed by atoms with Gasteiger partial charge in [-0.25, -0.2) is 4.99 Å². The Bertz CT molecular complexity index is 1480. The van der Waals surface area contributed by atoms with Gasteiger partial charge < -0.3 is 19.6 Å². The number of fused-ring (bicyclic) bond motifs is 1. The third-order valence-electron chi connectivity index (χ3n) is 5.43. The number of pyridine rings is 1. The summed E-state index contributed by atoms with van der Waals surface area (Å²) in [5.74, 6) is -0.0228. The molecular formula is C26H24ClN3O4. The number of methoxy groups -OCH3 is 1. The van der Waals surface area contributed by atoms with E-state index in [4.69, 9.17) is 20.8 Å². The number of ether oxygens (including phenoxy) is 1. The average Bonchev–Trinajstić information content (AvgIpc) is 2.81. The number of nitrogens with zero attached hydrogens (tertiary/aromatic N) is 2. The van der Waals surface area contributed by atoms with Crippen LogP contribution in [0.1, 0.15) is 32.7 Å². The first-order valence-corrected chi connectivity index (χ1v) is 11.0. The highest BCUT2D eigenvalue weighted by atomic mass is 35.5. The average molecular weight is 478 g/mol. The van der Waals surface area contributed by atoms with Gasteiger partial charge in [0.15, 0.2) is 5.58 Å². The molecule has 0 radical (unpaired) electrons. The number of hydrogen-bond acceptors (Lipinski definition) is 6. The van der Waals surface area contributed by atoms with E-state index in [-0.39, 0.29) is 17.7 Å². The molecule has 0 spiro atoms. The number of amides is 1. The smallest absolute Gasteiger partial charge is 0.261 e. The molecule has 0 saturated heterocycles. The van der Waals surface area contributed by atoms with E-state index in [1.807, 2.05) is 38.1 Å². The third-order valence-corrected chi connectivity index (χ3v) is 5.83. The number of carbonyl (C=O) groups is 1. The molecule has 2 heterocycles. The number of anilines is 1. The molecule has 4 aromatic rings. The van der Waals surface area contributed by atoms with Gasteiger partial charge in [0, 0.05) is 28.2 Å². The fourth-order valence-electron chi connectivity index (χ4n) is 3.59. The molecule has 0 atom stereocenters. The maximum Gasteiger partial charge on any atom is 0.261 e. The Morgan fingerprint density at radius 1 is 1.21 bits per heavy atom. The number of carbonyl (C=O) groups excluding carboxylic acids is 1. The van der Waals surface area contributed by atoms with E-state index in [0.29, 0.717) is 44.4 Å². The maximum absolute atomic E-state index is 13.5. The lowest BCUT2D eigenvalue weighted by molar-refractivity contribution is 0.102. The van der Waals surface area contributed by atoms with Crippen LogP contribution in [0.2, 0.25) is 5.02 Å². The lowest BCUT2D eigenvalue weighted by atomic mass is 10.1. The standard InChI is InChI=1S/C26H24ClN3O4/c1-14-6-5-7-18(8-14)29-26-20(10-19-17(13-31)12-28-16(3)24(19)34-26)25(32)30-22-9-15(2)21(27)11-23(22)33-4/h5-12,31H,13H2,1-4H3,(H,30,32). The number of aryl methyl sites for hydroxylation is 3. The first-order valence-electron chi connectivity index (χ1n) is 10.6. The first kappa shape index (κ1) is 23.5. The highest BCUT2D eigenvalue weighted by molar-refractivity contribution is 6.31. The van der Waals surface area contributed by atoms with Gasteiger partial charge in [-0.2, -0.15) is 0 Å². The number of halogens is 1. The van der Waals surface area contributed by atoms with E-state index < -0.39 is 5.91 Å². The van der Waals surface area contributed by atoms with Gasteiger partial charge in [0.05, 0.1) is 30.8 Å². The number of aromatic nitrogens is 1. The van der Waals surface area contributed by atoms with Crippen LogP contribution in [0.25, 0.3) is 11.0 Å². The Balaban J connectivity index is 1.93. The second kappa shape index (κ2) is 9.67. The predicted octanol–water partition coefficient (Wildman–Crippen LogP) is 5.39. The molecule has 2 aromatic heterocycles. The number of aliphatic hydroxyl groups excluding tert-OH is 1. The van der Waals surface area contributed by atoms with Crippen molar-refractivity contribution in [1.29, 1.82) is 0 Å². The van der Waals surface area contributed by atoms with E-state index in [1.165, 1.54) is 7.11 Å². The molecule has 0 unspecified atom stereocenters. The summed E-state index contributed by atoms with van der Waals surface area (Å²) >= 11 is 6.21. The zero-order valence-electron chi connectivity index (χ0n) is 19.3. The minimum Gasteiger partial charge on any atom is -0.495 e. The molecule has 8 heteroatoms. The van der Waals surface area contributed by atoms with Gasteiger partial charge >= 0.3 is 0 Å². The van der Waals surface area contributed by atoms with Gasteiger partial charge in [-0.15, -0.1) is 0 Å². The van der Waals surface area contributed by atoms with Gasteiger partial charge in [0.2, 0.25) is 5.55 Å². The van der Waals surface area contributed by atoms with Crippen LogP contribution in [-0.2, 0) is 6.61 Å². The molecule has 0 fully saturated rings.